The van der Waals surface area contributed by atoms with Crippen LogP contribution in [-0.4, -0.2) is 13.2 Å². The van der Waals surface area contributed by atoms with Crippen LogP contribution in [0, 0.1) is 22.7 Å². The van der Waals surface area contributed by atoms with Gasteiger partial charge in [0.1, 0.15) is 0 Å². The van der Waals surface area contributed by atoms with Crippen molar-refractivity contribution in [3.8, 4) is 11.8 Å². The van der Waals surface area contributed by atoms with Crippen LogP contribution in [0.1, 0.15) is 51.7 Å². The molecule has 28 heavy (non-hydrogen) atoms. The van der Waals surface area contributed by atoms with E-state index >= 15 is 0 Å². The Kier molecular flexibility index (Phi) is 8.77. The summed E-state index contributed by atoms with van der Waals surface area (Å²) in [5, 5.41) is 0. The monoisotopic (exact) mass is 378 g/mol. The van der Waals surface area contributed by atoms with Gasteiger partial charge < -0.3 is 9.47 Å². The lowest BCUT2D eigenvalue weighted by Gasteiger charge is -2.23. The molecule has 0 radical (unpaired) electrons. The highest BCUT2D eigenvalue weighted by molar-refractivity contribution is 5.14. The van der Waals surface area contributed by atoms with Crippen LogP contribution in [0.2, 0.25) is 0 Å². The average Bonchev–Trinajstić information content (AvgIpc) is 2.67. The Labute approximate surface area is 171 Å². The molecule has 0 bridgehead atoms. The molecule has 0 atom stereocenters. The zero-order valence-corrected chi connectivity index (χ0v) is 17.8. The number of hydrogen-bond acceptors (Lipinski definition) is 2. The minimum Gasteiger partial charge on any atom is -0.376 e. The summed E-state index contributed by atoms with van der Waals surface area (Å²) in [6.45, 7) is 11.4. The van der Waals surface area contributed by atoms with E-state index in [2.05, 4.69) is 63.8 Å². The third-order valence-electron chi connectivity index (χ3n) is 4.53. The minimum atomic E-state index is -0.136. The second-order valence-corrected chi connectivity index (χ2v) is 8.81. The maximum Gasteiger partial charge on any atom is 0.0717 e. The van der Waals surface area contributed by atoms with E-state index in [4.69, 9.17) is 9.47 Å². The van der Waals surface area contributed by atoms with Gasteiger partial charge in [0.15, 0.2) is 0 Å². The zero-order chi connectivity index (χ0) is 20.3. The molecule has 0 saturated heterocycles. The summed E-state index contributed by atoms with van der Waals surface area (Å²) < 4.78 is 11.8. The van der Waals surface area contributed by atoms with Crippen molar-refractivity contribution in [2.24, 2.45) is 10.8 Å². The lowest BCUT2D eigenvalue weighted by Crippen LogP contribution is -2.19. The fraction of sp³-hybridized carbons (Fsp3) is 0.462. The van der Waals surface area contributed by atoms with Crippen molar-refractivity contribution in [3.05, 3.63) is 71.8 Å². The summed E-state index contributed by atoms with van der Waals surface area (Å²) in [6, 6.07) is 20.6. The van der Waals surface area contributed by atoms with E-state index in [1.165, 1.54) is 11.1 Å². The van der Waals surface area contributed by atoms with Crippen LogP contribution in [-0.2, 0) is 22.7 Å². The Bertz CT molecular complexity index is 736. The van der Waals surface area contributed by atoms with Crippen LogP contribution in [0.15, 0.2) is 60.7 Å². The van der Waals surface area contributed by atoms with Crippen LogP contribution in [0.4, 0.5) is 0 Å². The normalized spacial score (nSPS) is 11.7. The van der Waals surface area contributed by atoms with Gasteiger partial charge in [0.25, 0.3) is 0 Å². The van der Waals surface area contributed by atoms with Gasteiger partial charge in [-0.1, -0.05) is 80.4 Å². The first-order valence-corrected chi connectivity index (χ1v) is 10.1. The third-order valence-corrected chi connectivity index (χ3v) is 4.53. The van der Waals surface area contributed by atoms with Crippen LogP contribution < -0.4 is 0 Å². The van der Waals surface area contributed by atoms with E-state index < -0.39 is 0 Å². The SMILES string of the molecule is CC(C)(C#CCCC(C)(C)COCc1ccccc1)COCc1ccccc1. The van der Waals surface area contributed by atoms with Crippen molar-refractivity contribution in [1.29, 1.82) is 0 Å². The smallest absolute Gasteiger partial charge is 0.0717 e. The summed E-state index contributed by atoms with van der Waals surface area (Å²) in [4.78, 5) is 0. The van der Waals surface area contributed by atoms with Gasteiger partial charge in [-0.15, -0.1) is 5.92 Å². The molecule has 2 aromatic carbocycles. The van der Waals surface area contributed by atoms with Crippen molar-refractivity contribution in [3.63, 3.8) is 0 Å². The second kappa shape index (κ2) is 11.1. The van der Waals surface area contributed by atoms with Crippen LogP contribution >= 0.6 is 0 Å². The summed E-state index contributed by atoms with van der Waals surface area (Å²) in [5.74, 6) is 6.74. The molecule has 0 saturated carbocycles. The van der Waals surface area contributed by atoms with Gasteiger partial charge in [-0.2, -0.15) is 0 Å². The standard InChI is InChI=1S/C26H34O2/c1-25(2,21-27-19-23-13-7-5-8-14-23)17-11-12-18-26(3,4)22-28-20-24-15-9-6-10-16-24/h5-10,13-16H,11,17,19-22H2,1-4H3. The summed E-state index contributed by atoms with van der Waals surface area (Å²) in [5.41, 5.74) is 2.40. The third kappa shape index (κ3) is 9.22. The quantitative estimate of drug-likeness (QED) is 0.455. The fourth-order valence-corrected chi connectivity index (χ4v) is 2.83. The Morgan fingerprint density at radius 1 is 0.714 bits per heavy atom. The van der Waals surface area contributed by atoms with Crippen molar-refractivity contribution in [2.45, 2.75) is 53.8 Å². The molecule has 0 aliphatic heterocycles. The minimum absolute atomic E-state index is 0.122. The summed E-state index contributed by atoms with van der Waals surface area (Å²) in [6.07, 6.45) is 1.90. The van der Waals surface area contributed by atoms with Crippen molar-refractivity contribution < 1.29 is 9.47 Å². The average molecular weight is 379 g/mol. The Morgan fingerprint density at radius 3 is 1.75 bits per heavy atom. The van der Waals surface area contributed by atoms with E-state index in [9.17, 15) is 0 Å². The van der Waals surface area contributed by atoms with E-state index in [0.717, 1.165) is 19.4 Å². The molecule has 2 rings (SSSR count). The number of rotatable bonds is 10. The summed E-state index contributed by atoms with van der Waals surface area (Å²) >= 11 is 0. The molecular weight excluding hydrogens is 344 g/mol. The fourth-order valence-electron chi connectivity index (χ4n) is 2.83. The molecule has 0 N–H and O–H groups in total. The molecule has 0 unspecified atom stereocenters. The van der Waals surface area contributed by atoms with E-state index in [0.29, 0.717) is 19.8 Å². The second-order valence-electron chi connectivity index (χ2n) is 8.81. The highest BCUT2D eigenvalue weighted by Gasteiger charge is 2.18. The molecule has 2 aromatic rings. The molecule has 2 nitrogen and oxygen atoms in total. The van der Waals surface area contributed by atoms with Crippen LogP contribution in [0.5, 0.6) is 0 Å². The Morgan fingerprint density at radius 2 is 1.21 bits per heavy atom. The van der Waals surface area contributed by atoms with Gasteiger partial charge in [0.05, 0.1) is 26.4 Å². The van der Waals surface area contributed by atoms with Gasteiger partial charge >= 0.3 is 0 Å². The molecule has 2 heteroatoms. The first-order valence-electron chi connectivity index (χ1n) is 10.1. The van der Waals surface area contributed by atoms with Gasteiger partial charge in [0, 0.05) is 11.8 Å². The van der Waals surface area contributed by atoms with Crippen LogP contribution in [0.3, 0.4) is 0 Å². The van der Waals surface area contributed by atoms with Crippen LogP contribution in [0.25, 0.3) is 0 Å². The maximum absolute atomic E-state index is 5.91. The largest absolute Gasteiger partial charge is 0.376 e. The first-order chi connectivity index (χ1) is 13.4. The Hall–Kier alpha value is -2.08. The van der Waals surface area contributed by atoms with Gasteiger partial charge in [-0.3, -0.25) is 0 Å². The topological polar surface area (TPSA) is 18.5 Å². The predicted octanol–water partition coefficient (Wildman–Crippen LogP) is 6.26. The molecule has 0 fully saturated rings. The van der Waals surface area contributed by atoms with Crippen molar-refractivity contribution in [1.82, 2.24) is 0 Å². The number of hydrogen-bond donors (Lipinski definition) is 0. The number of ether oxygens (including phenoxy) is 2. The highest BCUT2D eigenvalue weighted by Crippen LogP contribution is 2.23. The zero-order valence-electron chi connectivity index (χ0n) is 17.8. The van der Waals surface area contributed by atoms with Gasteiger partial charge in [-0.25, -0.2) is 0 Å². The molecule has 0 aromatic heterocycles. The molecule has 0 heterocycles. The molecular formula is C26H34O2. The molecule has 0 amide bonds. The Balaban J connectivity index is 1.66. The van der Waals surface area contributed by atoms with E-state index in [1.807, 2.05) is 36.4 Å². The van der Waals surface area contributed by atoms with Gasteiger partial charge in [0.2, 0.25) is 0 Å². The molecule has 150 valence electrons. The molecule has 0 aliphatic rings. The predicted molar refractivity (Wildman–Crippen MR) is 117 cm³/mol. The number of benzene rings is 2. The van der Waals surface area contributed by atoms with Gasteiger partial charge in [-0.05, 0) is 36.8 Å². The molecule has 0 aliphatic carbocycles. The molecule has 0 spiro atoms. The van der Waals surface area contributed by atoms with Crippen molar-refractivity contribution >= 4 is 0 Å². The maximum atomic E-state index is 5.91. The lowest BCUT2D eigenvalue weighted by molar-refractivity contribution is 0.0478. The lowest BCUT2D eigenvalue weighted by atomic mass is 9.88. The highest BCUT2D eigenvalue weighted by atomic mass is 16.5. The van der Waals surface area contributed by atoms with Crippen molar-refractivity contribution in [2.75, 3.05) is 13.2 Å². The van der Waals surface area contributed by atoms with E-state index in [1.54, 1.807) is 0 Å². The first kappa shape index (κ1) is 22.2. The summed E-state index contributed by atoms with van der Waals surface area (Å²) in [7, 11) is 0. The van der Waals surface area contributed by atoms with E-state index in [-0.39, 0.29) is 10.8 Å².